The van der Waals surface area contributed by atoms with Crippen molar-refractivity contribution < 1.29 is 33.6 Å². The van der Waals surface area contributed by atoms with Crippen LogP contribution in [0, 0.1) is 0 Å². The molecule has 0 aromatic heterocycles. The van der Waals surface area contributed by atoms with E-state index in [0.29, 0.717) is 56.8 Å². The summed E-state index contributed by atoms with van der Waals surface area (Å²) in [7, 11) is 0. The van der Waals surface area contributed by atoms with E-state index in [1.54, 1.807) is 12.1 Å². The third-order valence-electron chi connectivity index (χ3n) is 9.79. The van der Waals surface area contributed by atoms with E-state index < -0.39 is 12.1 Å². The van der Waals surface area contributed by atoms with Gasteiger partial charge in [0.2, 0.25) is 11.8 Å². The zero-order valence-corrected chi connectivity index (χ0v) is 28.7. The zero-order valence-electron chi connectivity index (χ0n) is 28.7. The Morgan fingerprint density at radius 3 is 2.18 bits per heavy atom. The van der Waals surface area contributed by atoms with Crippen molar-refractivity contribution in [2.45, 2.75) is 88.8 Å². The van der Waals surface area contributed by atoms with Gasteiger partial charge in [-0.05, 0) is 41.7 Å². The number of para-hydroxylation sites is 2. The van der Waals surface area contributed by atoms with Gasteiger partial charge in [0.05, 0.1) is 43.4 Å². The van der Waals surface area contributed by atoms with Crippen molar-refractivity contribution in [3.63, 3.8) is 0 Å². The number of nitrogens with one attached hydrogen (secondary N) is 2. The van der Waals surface area contributed by atoms with Crippen LogP contribution >= 0.6 is 0 Å². The number of nitrogen functional groups attached to an aromatic ring is 1. The first-order valence-corrected chi connectivity index (χ1v) is 17.9. The molecule has 11 nitrogen and oxygen atoms in total. The maximum Gasteiger partial charge on any atom is 0.224 e. The number of unbranched alkanes of at least 4 members (excludes halogenated alkanes) is 2. The molecule has 3 heterocycles. The molecule has 50 heavy (non-hydrogen) atoms. The molecular formula is C39H50N4O7. The predicted molar refractivity (Wildman–Crippen MR) is 190 cm³/mol. The summed E-state index contributed by atoms with van der Waals surface area (Å²) in [6.45, 7) is 4.35. The molecule has 6 rings (SSSR count). The van der Waals surface area contributed by atoms with Gasteiger partial charge < -0.3 is 45.3 Å². The summed E-state index contributed by atoms with van der Waals surface area (Å²) >= 11 is 0. The molecule has 11 heteroatoms. The fourth-order valence-corrected chi connectivity index (χ4v) is 6.84. The molecule has 3 aliphatic heterocycles. The monoisotopic (exact) mass is 686 g/mol. The molecule has 3 atom stereocenters. The van der Waals surface area contributed by atoms with Crippen LogP contribution in [0.15, 0.2) is 72.8 Å². The summed E-state index contributed by atoms with van der Waals surface area (Å²) in [5.74, 6) is -0.499. The molecule has 0 radical (unpaired) electrons. The average Bonchev–Trinajstić information content (AvgIpc) is 3.60. The lowest BCUT2D eigenvalue weighted by molar-refractivity contribution is -0.255. The second-order valence-electron chi connectivity index (χ2n) is 13.5. The molecular weight excluding hydrogens is 636 g/mol. The molecule has 5 N–H and O–H groups in total. The second kappa shape index (κ2) is 17.4. The highest BCUT2D eigenvalue weighted by Gasteiger charge is 2.41. The third-order valence-corrected chi connectivity index (χ3v) is 9.79. The minimum atomic E-state index is -0.537. The summed E-state index contributed by atoms with van der Waals surface area (Å²) < 4.78 is 25.0. The Hall–Kier alpha value is -3.84. The Balaban J connectivity index is 0.964. The van der Waals surface area contributed by atoms with Crippen LogP contribution in [-0.4, -0.2) is 66.6 Å². The van der Waals surface area contributed by atoms with E-state index in [1.807, 2.05) is 60.7 Å². The van der Waals surface area contributed by atoms with E-state index >= 15 is 0 Å². The zero-order chi connectivity index (χ0) is 34.8. The lowest BCUT2D eigenvalue weighted by Crippen LogP contribution is -2.48. The highest BCUT2D eigenvalue weighted by molar-refractivity contribution is 5.93. The van der Waals surface area contributed by atoms with Crippen molar-refractivity contribution in [3.05, 3.63) is 95.1 Å². The number of anilines is 2. The van der Waals surface area contributed by atoms with E-state index in [4.69, 9.17) is 24.7 Å². The van der Waals surface area contributed by atoms with Crippen molar-refractivity contribution in [3.8, 4) is 0 Å². The Morgan fingerprint density at radius 1 is 0.820 bits per heavy atom. The SMILES string of the molecule is Nc1ccccc1NC(=O)CCCCCC(=O)NCc1ccc([C@@H]2O[C@H](CN3CCC4(CC3)OCCO4)C[C@H](c3ccc(CO)cc3)O2)cc1. The number of hydrogen-bond acceptors (Lipinski definition) is 9. The number of benzene rings is 3. The number of carbonyl (C=O) groups is 2. The Morgan fingerprint density at radius 2 is 1.48 bits per heavy atom. The molecule has 3 aromatic rings. The van der Waals surface area contributed by atoms with Crippen molar-refractivity contribution in [1.82, 2.24) is 10.2 Å². The summed E-state index contributed by atoms with van der Waals surface area (Å²) in [4.78, 5) is 27.2. The predicted octanol–water partition coefficient (Wildman–Crippen LogP) is 5.35. The largest absolute Gasteiger partial charge is 0.397 e. The van der Waals surface area contributed by atoms with Gasteiger partial charge in [0.1, 0.15) is 0 Å². The van der Waals surface area contributed by atoms with Gasteiger partial charge in [0.15, 0.2) is 12.1 Å². The van der Waals surface area contributed by atoms with E-state index in [9.17, 15) is 14.7 Å². The van der Waals surface area contributed by atoms with E-state index in [1.165, 1.54) is 0 Å². The number of nitrogens with zero attached hydrogens (tertiary/aromatic N) is 1. The number of amides is 2. The first-order valence-electron chi connectivity index (χ1n) is 17.9. The summed E-state index contributed by atoms with van der Waals surface area (Å²) in [6.07, 6.45) is 4.72. The summed E-state index contributed by atoms with van der Waals surface area (Å²) in [6, 6.07) is 23.1. The van der Waals surface area contributed by atoms with Gasteiger partial charge in [-0.3, -0.25) is 9.59 Å². The van der Waals surface area contributed by atoms with Gasteiger partial charge in [0, 0.05) is 63.8 Å². The number of aliphatic hydroxyl groups excluding tert-OH is 1. The topological polar surface area (TPSA) is 145 Å². The molecule has 0 saturated carbocycles. The molecule has 268 valence electrons. The van der Waals surface area contributed by atoms with Crippen molar-refractivity contribution in [2.75, 3.05) is 43.9 Å². The fraction of sp³-hybridized carbons (Fsp3) is 0.487. The maximum atomic E-state index is 12.5. The number of likely N-dealkylation sites (tertiary alicyclic amines) is 1. The van der Waals surface area contributed by atoms with Crippen molar-refractivity contribution in [1.29, 1.82) is 0 Å². The van der Waals surface area contributed by atoms with Crippen LogP contribution in [0.4, 0.5) is 11.4 Å². The Labute approximate surface area is 294 Å². The minimum absolute atomic E-state index is 0.00303. The van der Waals surface area contributed by atoms with Gasteiger partial charge in [-0.15, -0.1) is 0 Å². The molecule has 3 saturated heterocycles. The summed E-state index contributed by atoms with van der Waals surface area (Å²) in [5.41, 5.74) is 10.9. The molecule has 2 amide bonds. The van der Waals surface area contributed by atoms with Gasteiger partial charge in [-0.25, -0.2) is 0 Å². The number of hydrogen-bond donors (Lipinski definition) is 4. The van der Waals surface area contributed by atoms with Crippen LogP contribution in [0.2, 0.25) is 0 Å². The van der Waals surface area contributed by atoms with Crippen molar-refractivity contribution >= 4 is 23.2 Å². The van der Waals surface area contributed by atoms with Crippen LogP contribution in [0.3, 0.4) is 0 Å². The van der Waals surface area contributed by atoms with Gasteiger partial charge in [-0.1, -0.05) is 67.1 Å². The van der Waals surface area contributed by atoms with E-state index in [-0.39, 0.29) is 30.6 Å². The number of nitrogens with two attached hydrogens (primary N) is 1. The number of aliphatic hydroxyl groups is 1. The first kappa shape index (κ1) is 36.0. The first-order chi connectivity index (χ1) is 24.4. The van der Waals surface area contributed by atoms with Gasteiger partial charge in [-0.2, -0.15) is 0 Å². The van der Waals surface area contributed by atoms with Gasteiger partial charge >= 0.3 is 0 Å². The Kier molecular flexibility index (Phi) is 12.5. The molecule has 1 spiro atoms. The van der Waals surface area contributed by atoms with Crippen molar-refractivity contribution in [2.24, 2.45) is 0 Å². The number of rotatable bonds is 14. The molecule has 3 aromatic carbocycles. The minimum Gasteiger partial charge on any atom is -0.397 e. The number of carbonyl (C=O) groups excluding carboxylic acids is 2. The second-order valence-corrected chi connectivity index (χ2v) is 13.5. The van der Waals surface area contributed by atoms with E-state index in [0.717, 1.165) is 67.6 Å². The molecule has 3 fully saturated rings. The van der Waals surface area contributed by atoms with Crippen LogP contribution in [0.1, 0.15) is 86.0 Å². The maximum absolute atomic E-state index is 12.5. The molecule has 0 bridgehead atoms. The van der Waals surface area contributed by atoms with Crippen LogP contribution in [-0.2, 0) is 41.7 Å². The Bertz CT molecular complexity index is 1530. The quantitative estimate of drug-likeness (QED) is 0.130. The number of piperidine rings is 1. The highest BCUT2D eigenvalue weighted by Crippen LogP contribution is 2.39. The van der Waals surface area contributed by atoms with E-state index in [2.05, 4.69) is 15.5 Å². The van der Waals surface area contributed by atoms with Gasteiger partial charge in [0.25, 0.3) is 0 Å². The van der Waals surface area contributed by atoms with Crippen LogP contribution in [0.5, 0.6) is 0 Å². The normalized spacial score (nSPS) is 22.0. The standard InChI is InChI=1S/C39H50N4O7/c40-33-6-4-5-7-34(33)42-37(46)9-3-1-2-8-36(45)41-25-28-10-16-31(17-11-28)38-49-32(24-35(50-38)30-14-12-29(27-44)13-15-30)26-43-20-18-39(19-21-43)47-22-23-48-39/h4-7,10-17,32,35,38,44H,1-3,8-9,18-27,40H2,(H,41,45)(H,42,46)/t32-,35+,38+/m0/s1. The lowest BCUT2D eigenvalue weighted by atomic mass is 9.98. The number of ether oxygens (including phenoxy) is 4. The van der Waals surface area contributed by atoms with Crippen LogP contribution < -0.4 is 16.4 Å². The molecule has 0 unspecified atom stereocenters. The lowest BCUT2D eigenvalue weighted by Gasteiger charge is -2.41. The average molecular weight is 687 g/mol. The third kappa shape index (κ3) is 9.90. The smallest absolute Gasteiger partial charge is 0.224 e. The molecule has 0 aliphatic carbocycles. The summed E-state index contributed by atoms with van der Waals surface area (Å²) in [5, 5.41) is 15.4. The van der Waals surface area contributed by atoms with Crippen LogP contribution in [0.25, 0.3) is 0 Å². The molecule has 3 aliphatic rings. The fourth-order valence-electron chi connectivity index (χ4n) is 6.84. The highest BCUT2D eigenvalue weighted by atomic mass is 16.7.